The van der Waals surface area contributed by atoms with Gasteiger partial charge in [-0.2, -0.15) is 0 Å². The van der Waals surface area contributed by atoms with Crippen LogP contribution >= 0.6 is 0 Å². The van der Waals surface area contributed by atoms with Crippen molar-refractivity contribution in [1.29, 1.82) is 0 Å². The normalized spacial score (nSPS) is 16.2. The third-order valence-corrected chi connectivity index (χ3v) is 3.35. The predicted molar refractivity (Wildman–Crippen MR) is 80.3 cm³/mol. The molecule has 1 aliphatic rings. The highest BCUT2D eigenvalue weighted by atomic mass is 19.1. The van der Waals surface area contributed by atoms with Crippen molar-refractivity contribution < 1.29 is 13.9 Å². The maximum absolute atomic E-state index is 12.7. The summed E-state index contributed by atoms with van der Waals surface area (Å²) in [5, 5.41) is 2.85. The third kappa shape index (κ3) is 6.06. The number of ether oxygens (including phenoxy) is 1. The Hall–Kier alpha value is -1.72. The van der Waals surface area contributed by atoms with Gasteiger partial charge in [0.25, 0.3) is 0 Å². The second-order valence-corrected chi connectivity index (χ2v) is 4.98. The van der Waals surface area contributed by atoms with Crippen molar-refractivity contribution >= 4 is 12.0 Å². The van der Waals surface area contributed by atoms with Gasteiger partial charge in [0.1, 0.15) is 5.82 Å². The van der Waals surface area contributed by atoms with Crippen molar-refractivity contribution in [2.75, 3.05) is 39.4 Å². The summed E-state index contributed by atoms with van der Waals surface area (Å²) >= 11 is 0. The number of amides is 1. The van der Waals surface area contributed by atoms with Crippen molar-refractivity contribution in [2.45, 2.75) is 6.42 Å². The van der Waals surface area contributed by atoms with E-state index in [0.717, 1.165) is 44.8 Å². The number of nitrogens with zero attached hydrogens (tertiary/aromatic N) is 1. The lowest BCUT2D eigenvalue weighted by Gasteiger charge is -2.26. The summed E-state index contributed by atoms with van der Waals surface area (Å²) in [4.78, 5) is 14.0. The molecule has 0 saturated carbocycles. The summed E-state index contributed by atoms with van der Waals surface area (Å²) in [5.74, 6) is -0.402. The number of carbonyl (C=O) groups excluding carboxylic acids is 1. The second kappa shape index (κ2) is 8.54. The molecule has 21 heavy (non-hydrogen) atoms. The lowest BCUT2D eigenvalue weighted by Crippen LogP contribution is -2.38. The highest BCUT2D eigenvalue weighted by molar-refractivity contribution is 5.91. The van der Waals surface area contributed by atoms with Crippen LogP contribution < -0.4 is 5.32 Å². The van der Waals surface area contributed by atoms with Gasteiger partial charge in [0.2, 0.25) is 5.91 Å². The molecule has 0 spiro atoms. The highest BCUT2D eigenvalue weighted by Gasteiger charge is 2.09. The smallest absolute Gasteiger partial charge is 0.243 e. The Balaban J connectivity index is 1.61. The van der Waals surface area contributed by atoms with Gasteiger partial charge < -0.3 is 10.1 Å². The van der Waals surface area contributed by atoms with Gasteiger partial charge in [0.05, 0.1) is 13.2 Å². The Kier molecular flexibility index (Phi) is 6.37. The molecule has 114 valence electrons. The van der Waals surface area contributed by atoms with Gasteiger partial charge in [-0.15, -0.1) is 0 Å². The Labute approximate surface area is 124 Å². The van der Waals surface area contributed by atoms with E-state index in [1.54, 1.807) is 18.2 Å². The van der Waals surface area contributed by atoms with Crippen LogP contribution in [-0.4, -0.2) is 50.2 Å². The first kappa shape index (κ1) is 15.7. The van der Waals surface area contributed by atoms with Crippen LogP contribution in [0.25, 0.3) is 6.08 Å². The Morgan fingerprint density at radius 2 is 2.00 bits per heavy atom. The average Bonchev–Trinajstić information content (AvgIpc) is 2.52. The number of hydrogen-bond acceptors (Lipinski definition) is 3. The van der Waals surface area contributed by atoms with E-state index in [1.807, 2.05) is 0 Å². The van der Waals surface area contributed by atoms with Crippen LogP contribution in [0, 0.1) is 5.82 Å². The largest absolute Gasteiger partial charge is 0.379 e. The van der Waals surface area contributed by atoms with Gasteiger partial charge in [-0.1, -0.05) is 12.1 Å². The quantitative estimate of drug-likeness (QED) is 0.641. The van der Waals surface area contributed by atoms with Crippen molar-refractivity contribution in [1.82, 2.24) is 10.2 Å². The van der Waals surface area contributed by atoms with Gasteiger partial charge in [-0.3, -0.25) is 9.69 Å². The zero-order chi connectivity index (χ0) is 14.9. The molecule has 1 amide bonds. The molecule has 0 bridgehead atoms. The number of morpholine rings is 1. The van der Waals surface area contributed by atoms with Crippen molar-refractivity contribution in [3.8, 4) is 0 Å². The number of halogens is 1. The van der Waals surface area contributed by atoms with Crippen LogP contribution in [0.2, 0.25) is 0 Å². The summed E-state index contributed by atoms with van der Waals surface area (Å²) in [7, 11) is 0. The number of benzene rings is 1. The van der Waals surface area contributed by atoms with Crippen molar-refractivity contribution in [2.24, 2.45) is 0 Å². The number of hydrogen-bond donors (Lipinski definition) is 1. The standard InChI is InChI=1S/C16H21FN2O2/c17-15-5-2-14(3-6-15)4-7-16(20)18-8-1-9-19-10-12-21-13-11-19/h2-7H,1,8-13H2,(H,18,20)/b7-4+. The summed E-state index contributed by atoms with van der Waals surface area (Å²) in [5.41, 5.74) is 0.805. The van der Waals surface area contributed by atoms with Crippen LogP contribution in [0.4, 0.5) is 4.39 Å². The predicted octanol–water partition coefficient (Wildman–Crippen LogP) is 1.68. The molecule has 0 unspecified atom stereocenters. The molecular weight excluding hydrogens is 271 g/mol. The molecule has 1 saturated heterocycles. The van der Waals surface area contributed by atoms with E-state index in [4.69, 9.17) is 4.74 Å². The lowest BCUT2D eigenvalue weighted by molar-refractivity contribution is -0.116. The first-order valence-electron chi connectivity index (χ1n) is 7.25. The third-order valence-electron chi connectivity index (χ3n) is 3.35. The Morgan fingerprint density at radius 3 is 2.71 bits per heavy atom. The fraction of sp³-hybridized carbons (Fsp3) is 0.438. The fourth-order valence-corrected chi connectivity index (χ4v) is 2.14. The van der Waals surface area contributed by atoms with E-state index in [2.05, 4.69) is 10.2 Å². The van der Waals surface area contributed by atoms with E-state index >= 15 is 0 Å². The van der Waals surface area contributed by atoms with Gasteiger partial charge in [0, 0.05) is 25.7 Å². The molecule has 1 fully saturated rings. The molecular formula is C16H21FN2O2. The monoisotopic (exact) mass is 292 g/mol. The molecule has 1 aliphatic heterocycles. The summed E-state index contributed by atoms with van der Waals surface area (Å²) < 4.78 is 18.0. The number of nitrogens with one attached hydrogen (secondary N) is 1. The van der Waals surface area contributed by atoms with Gasteiger partial charge in [0.15, 0.2) is 0 Å². The molecule has 0 radical (unpaired) electrons. The molecule has 1 aromatic rings. The minimum atomic E-state index is -0.278. The van der Waals surface area contributed by atoms with E-state index in [0.29, 0.717) is 6.54 Å². The molecule has 0 aromatic heterocycles. The number of rotatable bonds is 6. The summed E-state index contributed by atoms with van der Waals surface area (Å²) in [6, 6.07) is 6.02. The molecule has 1 heterocycles. The van der Waals surface area contributed by atoms with Crippen LogP contribution in [0.3, 0.4) is 0 Å². The van der Waals surface area contributed by atoms with E-state index in [1.165, 1.54) is 18.2 Å². The van der Waals surface area contributed by atoms with Gasteiger partial charge in [-0.05, 0) is 36.7 Å². The van der Waals surface area contributed by atoms with Crippen LogP contribution in [0.5, 0.6) is 0 Å². The fourth-order valence-electron chi connectivity index (χ4n) is 2.14. The molecule has 5 heteroatoms. The van der Waals surface area contributed by atoms with Crippen molar-refractivity contribution in [3.63, 3.8) is 0 Å². The minimum absolute atomic E-state index is 0.124. The maximum atomic E-state index is 12.7. The maximum Gasteiger partial charge on any atom is 0.243 e. The molecule has 0 atom stereocenters. The first-order valence-corrected chi connectivity index (χ1v) is 7.25. The Bertz CT molecular complexity index is 468. The summed E-state index contributed by atoms with van der Waals surface area (Å²) in [6.07, 6.45) is 4.08. The average molecular weight is 292 g/mol. The van der Waals surface area contributed by atoms with Crippen LogP contribution in [0.15, 0.2) is 30.3 Å². The lowest BCUT2D eigenvalue weighted by atomic mass is 10.2. The molecule has 4 nitrogen and oxygen atoms in total. The van der Waals surface area contributed by atoms with Crippen molar-refractivity contribution in [3.05, 3.63) is 41.7 Å². The zero-order valence-corrected chi connectivity index (χ0v) is 12.1. The van der Waals surface area contributed by atoms with Gasteiger partial charge >= 0.3 is 0 Å². The highest BCUT2D eigenvalue weighted by Crippen LogP contribution is 2.04. The SMILES string of the molecule is O=C(/C=C/c1ccc(F)cc1)NCCCN1CCOCC1. The molecule has 1 aromatic carbocycles. The van der Waals surface area contributed by atoms with E-state index in [-0.39, 0.29) is 11.7 Å². The first-order chi connectivity index (χ1) is 10.2. The second-order valence-electron chi connectivity index (χ2n) is 4.98. The topological polar surface area (TPSA) is 41.6 Å². The van der Waals surface area contributed by atoms with E-state index < -0.39 is 0 Å². The summed E-state index contributed by atoms with van der Waals surface area (Å²) in [6.45, 7) is 5.17. The van der Waals surface area contributed by atoms with Gasteiger partial charge in [-0.25, -0.2) is 4.39 Å². The molecule has 1 N–H and O–H groups in total. The molecule has 0 aliphatic carbocycles. The Morgan fingerprint density at radius 1 is 1.29 bits per heavy atom. The van der Waals surface area contributed by atoms with Crippen LogP contribution in [0.1, 0.15) is 12.0 Å². The zero-order valence-electron chi connectivity index (χ0n) is 12.1. The van der Waals surface area contributed by atoms with Crippen LogP contribution in [-0.2, 0) is 9.53 Å². The minimum Gasteiger partial charge on any atom is -0.379 e. The van der Waals surface area contributed by atoms with E-state index in [9.17, 15) is 9.18 Å². The number of carbonyl (C=O) groups is 1. The molecule has 2 rings (SSSR count).